The van der Waals surface area contributed by atoms with Crippen LogP contribution in [0.25, 0.3) is 0 Å². The molecule has 5 heteroatoms. The summed E-state index contributed by atoms with van der Waals surface area (Å²) in [5, 5.41) is 2.86. The summed E-state index contributed by atoms with van der Waals surface area (Å²) in [4.78, 5) is 26.4. The summed E-state index contributed by atoms with van der Waals surface area (Å²) in [6.07, 6.45) is 0.858. The zero-order valence-electron chi connectivity index (χ0n) is 12.7. The van der Waals surface area contributed by atoms with Gasteiger partial charge >= 0.3 is 0 Å². The topological polar surface area (TPSA) is 58.6 Å². The average Bonchev–Trinajstić information content (AvgIpc) is 2.37. The van der Waals surface area contributed by atoms with E-state index in [-0.39, 0.29) is 17.7 Å². The van der Waals surface area contributed by atoms with E-state index in [4.69, 9.17) is 4.74 Å². The number of nitrogens with one attached hydrogen (secondary N) is 1. The van der Waals surface area contributed by atoms with Gasteiger partial charge in [-0.2, -0.15) is 0 Å². The van der Waals surface area contributed by atoms with Crippen LogP contribution in [-0.4, -0.2) is 48.1 Å². The molecule has 1 aliphatic heterocycles. The Balaban J connectivity index is 2.87. The van der Waals surface area contributed by atoms with Crippen LogP contribution in [0.15, 0.2) is 0 Å². The van der Waals surface area contributed by atoms with Gasteiger partial charge in [0.25, 0.3) is 0 Å². The van der Waals surface area contributed by atoms with E-state index in [2.05, 4.69) is 5.32 Å². The molecule has 0 spiro atoms. The van der Waals surface area contributed by atoms with Gasteiger partial charge in [0, 0.05) is 13.2 Å². The van der Waals surface area contributed by atoms with Crippen molar-refractivity contribution in [2.75, 3.05) is 19.8 Å². The first-order chi connectivity index (χ1) is 8.86. The van der Waals surface area contributed by atoms with Crippen LogP contribution in [0.5, 0.6) is 0 Å². The third kappa shape index (κ3) is 3.26. The Hall–Kier alpha value is -1.10. The van der Waals surface area contributed by atoms with Crippen molar-refractivity contribution < 1.29 is 14.3 Å². The Morgan fingerprint density at radius 2 is 2.00 bits per heavy atom. The minimum atomic E-state index is -0.807. The van der Waals surface area contributed by atoms with E-state index in [0.717, 1.165) is 6.42 Å². The van der Waals surface area contributed by atoms with Crippen molar-refractivity contribution in [2.45, 2.75) is 52.6 Å². The van der Waals surface area contributed by atoms with Crippen molar-refractivity contribution in [2.24, 2.45) is 5.92 Å². The second-order valence-electron chi connectivity index (χ2n) is 5.58. The number of piperazine rings is 1. The Labute approximate surface area is 115 Å². The van der Waals surface area contributed by atoms with E-state index in [1.807, 2.05) is 20.8 Å². The molecule has 19 heavy (non-hydrogen) atoms. The molecule has 0 aromatic rings. The lowest BCUT2D eigenvalue weighted by atomic mass is 9.89. The largest absolute Gasteiger partial charge is 0.380 e. The summed E-state index contributed by atoms with van der Waals surface area (Å²) in [6, 6.07) is -0.410. The van der Waals surface area contributed by atoms with Crippen LogP contribution in [0.4, 0.5) is 0 Å². The van der Waals surface area contributed by atoms with E-state index in [9.17, 15) is 9.59 Å². The van der Waals surface area contributed by atoms with E-state index in [1.165, 1.54) is 0 Å². The van der Waals surface area contributed by atoms with Crippen LogP contribution >= 0.6 is 0 Å². The lowest BCUT2D eigenvalue weighted by molar-refractivity contribution is -0.157. The zero-order valence-corrected chi connectivity index (χ0v) is 12.7. The molecule has 1 saturated heterocycles. The number of carbonyl (C=O) groups excluding carboxylic acids is 2. The summed E-state index contributed by atoms with van der Waals surface area (Å²) in [5.41, 5.74) is -0.807. The van der Waals surface area contributed by atoms with E-state index >= 15 is 0 Å². The third-order valence-electron chi connectivity index (χ3n) is 3.93. The highest BCUT2D eigenvalue weighted by molar-refractivity contribution is 5.99. The van der Waals surface area contributed by atoms with Gasteiger partial charge in [0.15, 0.2) is 0 Å². The number of nitrogens with zero attached hydrogens (tertiary/aromatic N) is 1. The zero-order chi connectivity index (χ0) is 14.6. The van der Waals surface area contributed by atoms with E-state index in [0.29, 0.717) is 19.8 Å². The molecule has 1 heterocycles. The van der Waals surface area contributed by atoms with Gasteiger partial charge in [0.05, 0.1) is 6.61 Å². The summed E-state index contributed by atoms with van der Waals surface area (Å²) < 4.78 is 5.31. The van der Waals surface area contributed by atoms with Crippen molar-refractivity contribution in [3.8, 4) is 0 Å². The van der Waals surface area contributed by atoms with Crippen molar-refractivity contribution in [1.82, 2.24) is 10.2 Å². The van der Waals surface area contributed by atoms with Crippen LogP contribution in [0.3, 0.4) is 0 Å². The predicted octanol–water partition coefficient (Wildman–Crippen LogP) is 1.17. The van der Waals surface area contributed by atoms with E-state index in [1.54, 1.807) is 18.7 Å². The first-order valence-corrected chi connectivity index (χ1v) is 7.06. The first kappa shape index (κ1) is 16.0. The number of hydrogen-bond donors (Lipinski definition) is 1. The smallest absolute Gasteiger partial charge is 0.246 e. The quantitative estimate of drug-likeness (QED) is 0.737. The van der Waals surface area contributed by atoms with Gasteiger partial charge in [-0.25, -0.2) is 0 Å². The first-order valence-electron chi connectivity index (χ1n) is 7.06. The molecule has 2 atom stereocenters. The molecular formula is C14H26N2O3. The fourth-order valence-electron chi connectivity index (χ4n) is 2.26. The molecule has 2 amide bonds. The van der Waals surface area contributed by atoms with Crippen LogP contribution < -0.4 is 5.32 Å². The predicted molar refractivity (Wildman–Crippen MR) is 73.7 cm³/mol. The van der Waals surface area contributed by atoms with Crippen LogP contribution in [0.2, 0.25) is 0 Å². The monoisotopic (exact) mass is 270 g/mol. The number of rotatable bonds is 6. The maximum atomic E-state index is 12.5. The number of hydrogen-bond acceptors (Lipinski definition) is 3. The van der Waals surface area contributed by atoms with Crippen molar-refractivity contribution in [1.29, 1.82) is 0 Å². The number of carbonyl (C=O) groups is 2. The molecule has 0 aliphatic carbocycles. The molecule has 110 valence electrons. The summed E-state index contributed by atoms with van der Waals surface area (Å²) in [6.45, 7) is 11.0. The second kappa shape index (κ2) is 6.37. The fourth-order valence-corrected chi connectivity index (χ4v) is 2.26. The van der Waals surface area contributed by atoms with Gasteiger partial charge in [0.1, 0.15) is 11.6 Å². The summed E-state index contributed by atoms with van der Waals surface area (Å²) in [5.74, 6) is 0.0506. The highest BCUT2D eigenvalue weighted by Gasteiger charge is 2.47. The van der Waals surface area contributed by atoms with Gasteiger partial charge < -0.3 is 15.0 Å². The molecule has 1 N–H and O–H groups in total. The van der Waals surface area contributed by atoms with Crippen molar-refractivity contribution in [3.05, 3.63) is 0 Å². The van der Waals surface area contributed by atoms with Crippen molar-refractivity contribution >= 4 is 11.8 Å². The normalized spacial score (nSPS) is 24.3. The standard InChI is InChI=1S/C14H26N2O3/c1-6-10(3)11-12(17)16(8-9-19-7-2)14(4,5)13(18)15-11/h10-11H,6-9H2,1-5H3,(H,15,18). The van der Waals surface area contributed by atoms with Gasteiger partial charge in [-0.1, -0.05) is 20.3 Å². The number of ether oxygens (including phenoxy) is 1. The van der Waals surface area contributed by atoms with Gasteiger partial charge in [-0.3, -0.25) is 9.59 Å². The molecule has 0 aromatic carbocycles. The van der Waals surface area contributed by atoms with E-state index < -0.39 is 11.6 Å². The average molecular weight is 270 g/mol. The summed E-state index contributed by atoms with van der Waals surface area (Å²) >= 11 is 0. The maximum absolute atomic E-state index is 12.5. The molecule has 0 bridgehead atoms. The second-order valence-corrected chi connectivity index (χ2v) is 5.58. The highest BCUT2D eigenvalue weighted by Crippen LogP contribution is 2.24. The number of amides is 2. The third-order valence-corrected chi connectivity index (χ3v) is 3.93. The highest BCUT2D eigenvalue weighted by atomic mass is 16.5. The van der Waals surface area contributed by atoms with Gasteiger partial charge in [-0.15, -0.1) is 0 Å². The minimum Gasteiger partial charge on any atom is -0.380 e. The molecule has 1 rings (SSSR count). The van der Waals surface area contributed by atoms with Crippen LogP contribution in [0, 0.1) is 5.92 Å². The van der Waals surface area contributed by atoms with Crippen molar-refractivity contribution in [3.63, 3.8) is 0 Å². The molecule has 2 unspecified atom stereocenters. The minimum absolute atomic E-state index is 0.00125. The molecule has 0 radical (unpaired) electrons. The molecule has 1 aliphatic rings. The van der Waals surface area contributed by atoms with Crippen LogP contribution in [-0.2, 0) is 14.3 Å². The molecule has 0 aromatic heterocycles. The molecule has 0 saturated carbocycles. The Kier molecular flexibility index (Phi) is 5.35. The molecular weight excluding hydrogens is 244 g/mol. The Morgan fingerprint density at radius 1 is 1.37 bits per heavy atom. The van der Waals surface area contributed by atoms with Gasteiger partial charge in [0.2, 0.25) is 11.8 Å². The lowest BCUT2D eigenvalue weighted by Crippen LogP contribution is -2.69. The molecule has 1 fully saturated rings. The Bertz CT molecular complexity index is 342. The summed E-state index contributed by atoms with van der Waals surface area (Å²) in [7, 11) is 0. The van der Waals surface area contributed by atoms with Crippen LogP contribution in [0.1, 0.15) is 41.0 Å². The lowest BCUT2D eigenvalue weighted by Gasteiger charge is -2.45. The fraction of sp³-hybridized carbons (Fsp3) is 0.857. The molecule has 5 nitrogen and oxygen atoms in total. The SMILES string of the molecule is CCOCCN1C(=O)C(C(C)CC)NC(=O)C1(C)C. The Morgan fingerprint density at radius 3 is 2.53 bits per heavy atom. The maximum Gasteiger partial charge on any atom is 0.246 e. The van der Waals surface area contributed by atoms with Gasteiger partial charge in [-0.05, 0) is 26.7 Å².